The minimum Gasteiger partial charge on any atom is -0.468 e. The van der Waals surface area contributed by atoms with E-state index >= 15 is 0 Å². The van der Waals surface area contributed by atoms with Crippen molar-refractivity contribution in [3.05, 3.63) is 162 Å². The molecule has 0 radical (unpaired) electrons. The van der Waals surface area contributed by atoms with Gasteiger partial charge in [-0.15, -0.1) is 0 Å². The van der Waals surface area contributed by atoms with Gasteiger partial charge >= 0.3 is 0 Å². The Morgan fingerprint density at radius 1 is 0.519 bits per heavy atom. The lowest BCUT2D eigenvalue weighted by Gasteiger charge is -2.42. The number of aromatic amines is 1. The minimum absolute atomic E-state index is 0. The first kappa shape index (κ1) is 72.9. The number of anilines is 1. The molecule has 14 heteroatoms. The molecule has 9 aliphatic heterocycles. The number of ether oxygens (including phenoxy) is 3. The number of hydrogen-bond acceptors (Lipinski definition) is 5. The molecule has 6 saturated heterocycles. The molecule has 1 amide bonds. The molecule has 3 aromatic carbocycles. The SMILES string of the molecule is C.C.C.C.C.[CH2-][NH+]1CC=C(C)CC1.[CH2-][NH+]1CCC2(CC1)C(=O)NCN2c1ccccc1.[CH2-][NH+]1CCC2(CC1)OCCO2.[CH2-][NH+]1CCCCC1.[CH2-][NH+]1CCOCC1.[CH2-][NH+]1CCc2c([nH]c3ccccc23)C1.[CH2-][NH+]1CCc2ccccc2C1. The van der Waals surface area contributed by atoms with E-state index in [2.05, 4.69) is 138 Å². The standard InChI is InChI=1S/C14H19N3O.C12H14N2.C10H13N.C8H15NO2.C7H13N.C6H13N.C5H11NO.5CH4/c1-16-9-7-14(8-10-16)13(18)15-11-17(14)12-5-3-2-4-6-12;1-14-7-6-10-9-4-2-3-5-11(9)13-12(10)8-14;1-11-7-6-9-4-2-3-5-10(9)8-11;1-9-4-2-8(3-5-9)10-6-7-11-8;1-7-3-5-8(2)6-4-7;1-7-5-3-2-4-6-7;1-6-2-4-7-5-3-6;;;;;/h2-6,16H,1,7-11H2,(H,15,18);2-5,13-14H,1,6-8H2;2-5,11H,1,6-8H2;9H,1-7H2;3,8H,2,4-6H2,1H3;7H,1-6H2;6H,1-5H2;5*1H4. The van der Waals surface area contributed by atoms with Crippen molar-refractivity contribution in [3.63, 3.8) is 0 Å². The summed E-state index contributed by atoms with van der Waals surface area (Å²) in [5.74, 6) is -0.0277. The molecule has 3 atom stereocenters. The van der Waals surface area contributed by atoms with E-state index in [1.165, 1.54) is 131 Å². The highest BCUT2D eigenvalue weighted by Gasteiger charge is 2.50. The molecular weight excluding hydrogens is 1010 g/mol. The molecular formula is C67H118N10O4. The zero-order chi connectivity index (χ0) is 53.8. The van der Waals surface area contributed by atoms with Gasteiger partial charge in [-0.25, -0.2) is 0 Å². The summed E-state index contributed by atoms with van der Waals surface area (Å²) >= 11 is 0. The van der Waals surface area contributed by atoms with Crippen molar-refractivity contribution in [3.8, 4) is 0 Å². The molecule has 81 heavy (non-hydrogen) atoms. The average molecular weight is 1130 g/mol. The summed E-state index contributed by atoms with van der Waals surface area (Å²) in [6.45, 7) is 21.7. The number of H-pyrrole nitrogens is 1. The number of piperidine rings is 3. The van der Waals surface area contributed by atoms with Gasteiger partial charge in [0.15, 0.2) is 5.79 Å². The van der Waals surface area contributed by atoms with Gasteiger partial charge in [-0.2, -0.15) is 49.3 Å². The van der Waals surface area contributed by atoms with Crippen molar-refractivity contribution >= 4 is 22.5 Å². The summed E-state index contributed by atoms with van der Waals surface area (Å²) in [5.41, 5.74) is 9.45. The van der Waals surface area contributed by atoms with Crippen LogP contribution in [-0.2, 0) is 44.9 Å². The minimum atomic E-state index is -0.345. The molecule has 1 aromatic heterocycles. The van der Waals surface area contributed by atoms with E-state index in [1.54, 1.807) is 0 Å². The van der Waals surface area contributed by atoms with E-state index in [-0.39, 0.29) is 54.4 Å². The van der Waals surface area contributed by atoms with Crippen LogP contribution >= 0.6 is 0 Å². The number of carbonyl (C=O) groups excluding carboxylic acids is 1. The van der Waals surface area contributed by atoms with Gasteiger partial charge in [-0.3, -0.25) is 4.79 Å². The first-order valence-electron chi connectivity index (χ1n) is 28.8. The van der Waals surface area contributed by atoms with Gasteiger partial charge in [0.1, 0.15) is 5.54 Å². The third kappa shape index (κ3) is 22.4. The molecule has 10 heterocycles. The number of quaternary nitrogens is 7. The van der Waals surface area contributed by atoms with E-state index < -0.39 is 0 Å². The summed E-state index contributed by atoms with van der Waals surface area (Å²) < 4.78 is 16.2. The molecule has 13 rings (SSSR count). The second-order valence-corrected chi connectivity index (χ2v) is 22.5. The Labute approximate surface area is 495 Å². The highest BCUT2D eigenvalue weighted by Crippen LogP contribution is 2.34. The highest BCUT2D eigenvalue weighted by atomic mass is 16.7. The maximum absolute atomic E-state index is 12.3. The van der Waals surface area contributed by atoms with Gasteiger partial charge in [0.25, 0.3) is 0 Å². The van der Waals surface area contributed by atoms with Gasteiger partial charge in [0.2, 0.25) is 5.91 Å². The third-order valence-electron chi connectivity index (χ3n) is 16.5. The number of likely N-dealkylation sites (tertiary alicyclic amines) is 3. The van der Waals surface area contributed by atoms with Crippen LogP contribution in [-0.4, -0.2) is 134 Å². The van der Waals surface area contributed by atoms with Crippen LogP contribution in [0, 0.1) is 49.3 Å². The average Bonchev–Trinajstić information content (AvgIpc) is 4.39. The van der Waals surface area contributed by atoms with Crippen molar-refractivity contribution < 1.29 is 53.3 Å². The number of para-hydroxylation sites is 2. The van der Waals surface area contributed by atoms with Gasteiger partial charge in [0.05, 0.1) is 130 Å². The molecule has 14 nitrogen and oxygen atoms in total. The van der Waals surface area contributed by atoms with E-state index in [4.69, 9.17) is 14.2 Å². The number of aromatic nitrogens is 1. The Morgan fingerprint density at radius 3 is 1.62 bits per heavy atom. The second-order valence-electron chi connectivity index (χ2n) is 22.5. The number of fused-ring (bicyclic) bond motifs is 4. The van der Waals surface area contributed by atoms with E-state index in [0.29, 0.717) is 6.67 Å². The molecule has 0 saturated carbocycles. The van der Waals surface area contributed by atoms with Crippen molar-refractivity contribution in [1.82, 2.24) is 10.3 Å². The van der Waals surface area contributed by atoms with E-state index in [0.717, 1.165) is 130 Å². The van der Waals surface area contributed by atoms with Crippen LogP contribution in [0.1, 0.15) is 118 Å². The zero-order valence-corrected chi connectivity index (χ0v) is 46.6. The van der Waals surface area contributed by atoms with Gasteiger partial charge in [-0.1, -0.05) is 103 Å². The largest absolute Gasteiger partial charge is 0.468 e. The number of amides is 1. The highest BCUT2D eigenvalue weighted by molar-refractivity contribution is 5.93. The van der Waals surface area contributed by atoms with Crippen LogP contribution in [0.15, 0.2) is 90.5 Å². The summed E-state index contributed by atoms with van der Waals surface area (Å²) in [6.07, 6.45) is 13.8. The number of benzene rings is 3. The van der Waals surface area contributed by atoms with E-state index in [9.17, 15) is 4.79 Å². The van der Waals surface area contributed by atoms with Crippen molar-refractivity contribution in [1.29, 1.82) is 0 Å². The van der Waals surface area contributed by atoms with Crippen molar-refractivity contribution in [2.75, 3.05) is 117 Å². The zero-order valence-electron chi connectivity index (χ0n) is 46.6. The fourth-order valence-corrected chi connectivity index (χ4v) is 11.4. The Bertz CT molecular complexity index is 2310. The predicted molar refractivity (Wildman–Crippen MR) is 337 cm³/mol. The Hall–Kier alpha value is -4.19. The molecule has 0 bridgehead atoms. The predicted octanol–water partition coefficient (Wildman–Crippen LogP) is 2.04. The maximum Gasteiger partial charge on any atom is 0.247 e. The van der Waals surface area contributed by atoms with Gasteiger partial charge < -0.3 is 63.7 Å². The quantitative estimate of drug-likeness (QED) is 0.107. The maximum atomic E-state index is 12.3. The normalized spacial score (nSPS) is 24.2. The lowest BCUT2D eigenvalue weighted by molar-refractivity contribution is -0.870. The Kier molecular flexibility index (Phi) is 33.5. The smallest absolute Gasteiger partial charge is 0.247 e. The summed E-state index contributed by atoms with van der Waals surface area (Å²) in [7, 11) is 27.7. The lowest BCUT2D eigenvalue weighted by Crippen LogP contribution is -3.09. The Balaban J connectivity index is 0.000000327. The number of nitrogens with one attached hydrogen (secondary N) is 9. The molecule has 460 valence electrons. The molecule has 4 aromatic rings. The van der Waals surface area contributed by atoms with Gasteiger partial charge in [-0.05, 0) is 61.6 Å². The molecule has 9 aliphatic rings. The van der Waals surface area contributed by atoms with Crippen LogP contribution in [0.2, 0.25) is 0 Å². The third-order valence-corrected chi connectivity index (χ3v) is 16.5. The Morgan fingerprint density at radius 2 is 1.05 bits per heavy atom. The summed E-state index contributed by atoms with van der Waals surface area (Å²) in [4.78, 5) is 27.5. The number of nitrogens with zero attached hydrogens (tertiary/aromatic N) is 1. The molecule has 6 fully saturated rings. The number of hydrogen-bond donors (Lipinski definition) is 9. The summed E-state index contributed by atoms with van der Waals surface area (Å²) in [6, 6.07) is 27.4. The fourth-order valence-electron chi connectivity index (χ4n) is 11.4. The molecule has 3 unspecified atom stereocenters. The molecule has 0 aliphatic carbocycles. The first-order chi connectivity index (χ1) is 36.8. The topological polar surface area (TPSA) is 107 Å². The van der Waals surface area contributed by atoms with Crippen LogP contribution in [0.25, 0.3) is 10.9 Å². The monoisotopic (exact) mass is 1130 g/mol. The van der Waals surface area contributed by atoms with Crippen molar-refractivity contribution in [2.45, 2.75) is 133 Å². The summed E-state index contributed by atoms with van der Waals surface area (Å²) in [5, 5.41) is 4.40. The van der Waals surface area contributed by atoms with E-state index in [1.807, 2.05) is 18.2 Å². The van der Waals surface area contributed by atoms with Crippen LogP contribution < -0.4 is 44.5 Å². The number of carbonyl (C=O) groups is 1. The van der Waals surface area contributed by atoms with Crippen LogP contribution in [0.5, 0.6) is 0 Å². The number of morpholine rings is 1. The van der Waals surface area contributed by atoms with Crippen LogP contribution in [0.3, 0.4) is 0 Å². The van der Waals surface area contributed by atoms with Crippen molar-refractivity contribution in [2.24, 2.45) is 0 Å². The van der Waals surface area contributed by atoms with Crippen LogP contribution in [0.4, 0.5) is 5.69 Å². The lowest BCUT2D eigenvalue weighted by atomic mass is 9.86. The van der Waals surface area contributed by atoms with Gasteiger partial charge in [0, 0.05) is 67.1 Å². The second kappa shape index (κ2) is 37.2. The number of rotatable bonds is 1. The fraction of sp³-hybridized carbons (Fsp3) is 0.552. The molecule has 2 spiro atoms. The molecule has 9 N–H and O–H groups in total. The first-order valence-corrected chi connectivity index (χ1v) is 28.8.